The van der Waals surface area contributed by atoms with Gasteiger partial charge in [0.05, 0.1) is 5.69 Å². The summed E-state index contributed by atoms with van der Waals surface area (Å²) in [6.07, 6.45) is 4.45. The summed E-state index contributed by atoms with van der Waals surface area (Å²) < 4.78 is 0. The number of nitrogens with one attached hydrogen (secondary N) is 1. The molecule has 2 aromatic rings. The maximum Gasteiger partial charge on any atom is 0.136 e. The zero-order chi connectivity index (χ0) is 14.8. The Hall–Kier alpha value is -1.97. The maximum atomic E-state index is 4.77. The van der Waals surface area contributed by atoms with Gasteiger partial charge in [0, 0.05) is 36.8 Å². The van der Waals surface area contributed by atoms with Gasteiger partial charge in [-0.15, -0.1) is 0 Å². The third-order valence-corrected chi connectivity index (χ3v) is 3.25. The average Bonchev–Trinajstić information content (AvgIpc) is 2.41. The van der Waals surface area contributed by atoms with E-state index in [4.69, 9.17) is 4.98 Å². The number of pyridine rings is 1. The van der Waals surface area contributed by atoms with Crippen LogP contribution >= 0.6 is 0 Å². The highest BCUT2D eigenvalue weighted by Crippen LogP contribution is 2.24. The Morgan fingerprint density at radius 2 is 1.95 bits per heavy atom. The lowest BCUT2D eigenvalue weighted by molar-refractivity contribution is 0.542. The lowest BCUT2D eigenvalue weighted by Gasteiger charge is -2.20. The van der Waals surface area contributed by atoms with Crippen molar-refractivity contribution >= 4 is 5.82 Å². The van der Waals surface area contributed by atoms with E-state index in [0.717, 1.165) is 34.9 Å². The third kappa shape index (κ3) is 3.13. The van der Waals surface area contributed by atoms with Crippen molar-refractivity contribution in [2.24, 2.45) is 0 Å². The van der Waals surface area contributed by atoms with Gasteiger partial charge in [-0.05, 0) is 18.6 Å². The Morgan fingerprint density at radius 1 is 1.20 bits per heavy atom. The molecule has 2 rings (SSSR count). The van der Waals surface area contributed by atoms with Crippen LogP contribution in [0.5, 0.6) is 0 Å². The predicted molar refractivity (Wildman–Crippen MR) is 82.1 cm³/mol. The van der Waals surface area contributed by atoms with Crippen LogP contribution in [0.3, 0.4) is 0 Å². The van der Waals surface area contributed by atoms with Gasteiger partial charge in [0.25, 0.3) is 0 Å². The molecule has 0 radical (unpaired) electrons. The Kier molecular flexibility index (Phi) is 4.02. The summed E-state index contributed by atoms with van der Waals surface area (Å²) in [7, 11) is 1.90. The predicted octanol–water partition coefficient (Wildman–Crippen LogP) is 3.11. The highest BCUT2D eigenvalue weighted by atomic mass is 15.0. The Labute approximate surface area is 120 Å². The van der Waals surface area contributed by atoms with Crippen LogP contribution < -0.4 is 5.32 Å². The van der Waals surface area contributed by atoms with Crippen molar-refractivity contribution in [1.82, 2.24) is 15.0 Å². The summed E-state index contributed by atoms with van der Waals surface area (Å²) in [6.45, 7) is 8.45. The zero-order valence-electron chi connectivity index (χ0n) is 12.9. The lowest BCUT2D eigenvalue weighted by Crippen LogP contribution is -2.19. The van der Waals surface area contributed by atoms with E-state index in [9.17, 15) is 0 Å². The van der Waals surface area contributed by atoms with E-state index in [1.165, 1.54) is 0 Å². The number of anilines is 1. The number of rotatable bonds is 3. The van der Waals surface area contributed by atoms with Crippen LogP contribution in [0.4, 0.5) is 5.82 Å². The number of nitrogens with zero attached hydrogens (tertiary/aromatic N) is 3. The fourth-order valence-electron chi connectivity index (χ4n) is 2.01. The van der Waals surface area contributed by atoms with Crippen LogP contribution in [0.15, 0.2) is 24.5 Å². The highest BCUT2D eigenvalue weighted by Gasteiger charge is 2.20. The summed E-state index contributed by atoms with van der Waals surface area (Å²) in [5.41, 5.74) is 3.26. The van der Waals surface area contributed by atoms with Crippen LogP contribution in [0.2, 0.25) is 0 Å². The SMILES string of the molecule is CNc1nc(C(C)(C)C)nc(Cc2cccnc2)c1C. The molecule has 0 unspecified atom stereocenters. The van der Waals surface area contributed by atoms with Crippen molar-refractivity contribution in [2.45, 2.75) is 39.5 Å². The quantitative estimate of drug-likeness (QED) is 0.931. The number of hydrogen-bond acceptors (Lipinski definition) is 4. The summed E-state index contributed by atoms with van der Waals surface area (Å²) in [5, 5.41) is 3.17. The van der Waals surface area contributed by atoms with Gasteiger partial charge < -0.3 is 5.32 Å². The Morgan fingerprint density at radius 3 is 2.50 bits per heavy atom. The second kappa shape index (κ2) is 5.57. The maximum absolute atomic E-state index is 4.77. The van der Waals surface area contributed by atoms with E-state index in [2.05, 4.69) is 49.0 Å². The molecule has 0 aliphatic heterocycles. The van der Waals surface area contributed by atoms with E-state index >= 15 is 0 Å². The minimum absolute atomic E-state index is 0.0665. The molecular weight excluding hydrogens is 248 g/mol. The monoisotopic (exact) mass is 270 g/mol. The Balaban J connectivity index is 2.46. The largest absolute Gasteiger partial charge is 0.373 e. The molecule has 2 aromatic heterocycles. The topological polar surface area (TPSA) is 50.7 Å². The van der Waals surface area contributed by atoms with E-state index in [-0.39, 0.29) is 5.41 Å². The second-order valence-electron chi connectivity index (χ2n) is 6.01. The fourth-order valence-corrected chi connectivity index (χ4v) is 2.01. The van der Waals surface area contributed by atoms with E-state index in [0.29, 0.717) is 0 Å². The molecule has 2 heterocycles. The Bertz CT molecular complexity index is 585. The first-order chi connectivity index (χ1) is 9.41. The fraction of sp³-hybridized carbons (Fsp3) is 0.438. The van der Waals surface area contributed by atoms with Crippen LogP contribution in [-0.4, -0.2) is 22.0 Å². The highest BCUT2D eigenvalue weighted by molar-refractivity contribution is 5.46. The molecule has 20 heavy (non-hydrogen) atoms. The molecule has 1 N–H and O–H groups in total. The van der Waals surface area contributed by atoms with E-state index in [1.807, 2.05) is 19.3 Å². The van der Waals surface area contributed by atoms with Gasteiger partial charge in [-0.25, -0.2) is 9.97 Å². The first-order valence-corrected chi connectivity index (χ1v) is 6.86. The van der Waals surface area contributed by atoms with E-state index in [1.54, 1.807) is 6.20 Å². The van der Waals surface area contributed by atoms with E-state index < -0.39 is 0 Å². The normalized spacial score (nSPS) is 11.4. The summed E-state index contributed by atoms with van der Waals surface area (Å²) >= 11 is 0. The summed E-state index contributed by atoms with van der Waals surface area (Å²) in [6, 6.07) is 4.03. The minimum Gasteiger partial charge on any atom is -0.373 e. The van der Waals surface area contributed by atoms with Crippen molar-refractivity contribution < 1.29 is 0 Å². The molecule has 0 spiro atoms. The first kappa shape index (κ1) is 14.4. The minimum atomic E-state index is -0.0665. The van der Waals surface area contributed by atoms with Gasteiger partial charge in [0.15, 0.2) is 0 Å². The van der Waals surface area contributed by atoms with Gasteiger partial charge in [0.2, 0.25) is 0 Å². The van der Waals surface area contributed by atoms with Crippen molar-refractivity contribution in [3.05, 3.63) is 47.2 Å². The van der Waals surface area contributed by atoms with Crippen molar-refractivity contribution in [3.8, 4) is 0 Å². The van der Waals surface area contributed by atoms with Crippen LogP contribution in [-0.2, 0) is 11.8 Å². The number of aromatic nitrogens is 3. The average molecular weight is 270 g/mol. The van der Waals surface area contributed by atoms with Crippen molar-refractivity contribution in [3.63, 3.8) is 0 Å². The molecule has 0 aliphatic rings. The first-order valence-electron chi connectivity index (χ1n) is 6.86. The van der Waals surface area contributed by atoms with Gasteiger partial charge in [-0.1, -0.05) is 26.8 Å². The molecule has 0 fully saturated rings. The van der Waals surface area contributed by atoms with Crippen LogP contribution in [0.1, 0.15) is 43.4 Å². The molecule has 0 saturated heterocycles. The van der Waals surface area contributed by atoms with Crippen LogP contribution in [0.25, 0.3) is 0 Å². The molecule has 0 atom stereocenters. The van der Waals surface area contributed by atoms with Gasteiger partial charge in [-0.2, -0.15) is 0 Å². The third-order valence-electron chi connectivity index (χ3n) is 3.25. The van der Waals surface area contributed by atoms with Crippen molar-refractivity contribution in [2.75, 3.05) is 12.4 Å². The molecule has 0 saturated carbocycles. The molecule has 0 aromatic carbocycles. The molecule has 0 bridgehead atoms. The molecular formula is C16H22N4. The van der Waals surface area contributed by atoms with Gasteiger partial charge in [-0.3, -0.25) is 4.98 Å². The standard InChI is InChI=1S/C16H22N4/c1-11-13(9-12-7-6-8-18-10-12)19-15(16(2,3)4)20-14(11)17-5/h6-8,10H,9H2,1-5H3,(H,17,19,20). The van der Waals surface area contributed by atoms with Crippen LogP contribution in [0, 0.1) is 6.92 Å². The molecule has 0 amide bonds. The molecule has 106 valence electrons. The lowest BCUT2D eigenvalue weighted by atomic mass is 9.95. The second-order valence-corrected chi connectivity index (χ2v) is 6.01. The van der Waals surface area contributed by atoms with Gasteiger partial charge in [0.1, 0.15) is 11.6 Å². The smallest absolute Gasteiger partial charge is 0.136 e. The summed E-state index contributed by atoms with van der Waals surface area (Å²) in [5.74, 6) is 1.77. The molecule has 4 heteroatoms. The number of hydrogen-bond donors (Lipinski definition) is 1. The summed E-state index contributed by atoms with van der Waals surface area (Å²) in [4.78, 5) is 13.6. The van der Waals surface area contributed by atoms with Gasteiger partial charge >= 0.3 is 0 Å². The van der Waals surface area contributed by atoms with Crippen molar-refractivity contribution in [1.29, 1.82) is 0 Å². The molecule has 4 nitrogen and oxygen atoms in total. The molecule has 0 aliphatic carbocycles. The zero-order valence-corrected chi connectivity index (χ0v) is 12.9.